The Balaban J connectivity index is 0.00000320. The summed E-state index contributed by atoms with van der Waals surface area (Å²) < 4.78 is 1.62. The molecule has 0 radical (unpaired) electrons. The number of benzene rings is 1. The van der Waals surface area contributed by atoms with E-state index in [-0.39, 0.29) is 24.0 Å². The minimum atomic E-state index is 0. The summed E-state index contributed by atoms with van der Waals surface area (Å²) in [7, 11) is 0. The molecular weight excluding hydrogens is 491 g/mol. The molecule has 30 heavy (non-hydrogen) atoms. The van der Waals surface area contributed by atoms with Gasteiger partial charge in [-0.3, -0.25) is 9.89 Å². The molecule has 1 saturated heterocycles. The molecule has 9 heteroatoms. The van der Waals surface area contributed by atoms with E-state index in [4.69, 9.17) is 11.5 Å². The van der Waals surface area contributed by atoms with Crippen molar-refractivity contribution >= 4 is 35.8 Å². The van der Waals surface area contributed by atoms with Gasteiger partial charge in [-0.1, -0.05) is 25.1 Å². The van der Waals surface area contributed by atoms with E-state index in [0.29, 0.717) is 42.0 Å². The van der Waals surface area contributed by atoms with Crippen LogP contribution in [0.25, 0.3) is 5.69 Å². The number of hydrogen-bond acceptors (Lipinski definition) is 5. The zero-order chi connectivity index (χ0) is 20.6. The third-order valence-corrected chi connectivity index (χ3v) is 5.38. The van der Waals surface area contributed by atoms with E-state index in [2.05, 4.69) is 33.3 Å². The number of likely N-dealkylation sites (tertiary alicyclic amines) is 1. The average Bonchev–Trinajstić information content (AvgIpc) is 3.33. The fourth-order valence-electron chi connectivity index (χ4n) is 3.79. The van der Waals surface area contributed by atoms with E-state index in [1.54, 1.807) is 4.68 Å². The predicted octanol–water partition coefficient (Wildman–Crippen LogP) is 2.27. The van der Waals surface area contributed by atoms with Crippen LogP contribution in [0.15, 0.2) is 35.3 Å². The largest absolute Gasteiger partial charge is 0.382 e. The Bertz CT molecular complexity index is 871. The maximum absolute atomic E-state index is 9.48. The van der Waals surface area contributed by atoms with E-state index >= 15 is 0 Å². The molecule has 1 atom stereocenters. The number of nitrogens with two attached hydrogens (primary N) is 2. The maximum atomic E-state index is 9.48. The zero-order valence-corrected chi connectivity index (χ0v) is 19.8. The molecule has 0 aliphatic carbocycles. The van der Waals surface area contributed by atoms with Crippen molar-refractivity contribution in [2.45, 2.75) is 38.6 Å². The second-order valence-electron chi connectivity index (χ2n) is 7.25. The van der Waals surface area contributed by atoms with Gasteiger partial charge in [-0.25, -0.2) is 4.68 Å². The highest BCUT2D eigenvalue weighted by Gasteiger charge is 2.22. The van der Waals surface area contributed by atoms with Crippen molar-refractivity contribution in [1.82, 2.24) is 20.0 Å². The molecule has 1 fully saturated rings. The van der Waals surface area contributed by atoms with E-state index in [9.17, 15) is 5.26 Å². The lowest BCUT2D eigenvalue weighted by Crippen LogP contribution is -2.36. The molecule has 1 aromatic heterocycles. The van der Waals surface area contributed by atoms with Crippen LogP contribution in [-0.2, 0) is 6.42 Å². The summed E-state index contributed by atoms with van der Waals surface area (Å²) in [6, 6.07) is 12.3. The molecule has 0 bridgehead atoms. The number of aryl methyl sites for hydroxylation is 1. The molecule has 5 N–H and O–H groups in total. The van der Waals surface area contributed by atoms with Crippen LogP contribution >= 0.6 is 24.0 Å². The predicted molar refractivity (Wildman–Crippen MR) is 131 cm³/mol. The van der Waals surface area contributed by atoms with Gasteiger partial charge in [-0.2, -0.15) is 10.4 Å². The van der Waals surface area contributed by atoms with Crippen LogP contribution in [-0.4, -0.2) is 52.9 Å². The first-order chi connectivity index (χ1) is 14.1. The first kappa shape index (κ1) is 24.0. The quantitative estimate of drug-likeness (QED) is 0.212. The summed E-state index contributed by atoms with van der Waals surface area (Å²) in [5.74, 6) is 0.850. The SMILES string of the molecule is CCN1CCCC1CN=C(N)NCCCc1nn(-c2ccccc2)c(N)c1C#N.I. The molecule has 2 aromatic rings. The number of aliphatic imine (C=N–C) groups is 1. The summed E-state index contributed by atoms with van der Waals surface area (Å²) in [4.78, 5) is 6.94. The molecule has 1 aliphatic heterocycles. The monoisotopic (exact) mass is 522 g/mol. The van der Waals surface area contributed by atoms with Gasteiger partial charge in [0.15, 0.2) is 5.96 Å². The second kappa shape index (κ2) is 11.8. The van der Waals surface area contributed by atoms with Gasteiger partial charge in [-0.15, -0.1) is 24.0 Å². The Morgan fingerprint density at radius 3 is 2.83 bits per heavy atom. The Morgan fingerprint density at radius 2 is 2.13 bits per heavy atom. The highest BCUT2D eigenvalue weighted by Crippen LogP contribution is 2.21. The first-order valence-electron chi connectivity index (χ1n) is 10.2. The number of aromatic nitrogens is 2. The fourth-order valence-corrected chi connectivity index (χ4v) is 3.79. The van der Waals surface area contributed by atoms with Gasteiger partial charge in [-0.05, 0) is 50.9 Å². The highest BCUT2D eigenvalue weighted by atomic mass is 127. The number of guanidine groups is 1. The third kappa shape index (κ3) is 5.86. The van der Waals surface area contributed by atoms with Crippen LogP contribution in [0.1, 0.15) is 37.4 Å². The standard InChI is InChI=1S/C21H30N8.HI/c1-2-28-13-7-10-17(28)15-26-21(24)25-12-6-11-19-18(14-22)20(23)29(27-19)16-8-4-3-5-9-16;/h3-5,8-9,17H,2,6-7,10-13,15,23H2,1H3,(H3,24,25,26);1H. The number of para-hydroxylation sites is 1. The zero-order valence-electron chi connectivity index (χ0n) is 17.4. The van der Waals surface area contributed by atoms with Gasteiger partial charge in [0, 0.05) is 12.6 Å². The van der Waals surface area contributed by atoms with Gasteiger partial charge in [0.05, 0.1) is 17.9 Å². The number of rotatable bonds is 8. The number of likely N-dealkylation sites (N-methyl/N-ethyl adjacent to an activating group) is 1. The van der Waals surface area contributed by atoms with Crippen molar-refractivity contribution in [3.63, 3.8) is 0 Å². The van der Waals surface area contributed by atoms with E-state index < -0.39 is 0 Å². The minimum absolute atomic E-state index is 0. The maximum Gasteiger partial charge on any atom is 0.188 e. The molecule has 2 heterocycles. The lowest BCUT2D eigenvalue weighted by molar-refractivity contribution is 0.273. The lowest BCUT2D eigenvalue weighted by Gasteiger charge is -2.20. The number of nitrogens with zero attached hydrogens (tertiary/aromatic N) is 5. The number of halogens is 1. The van der Waals surface area contributed by atoms with Crippen molar-refractivity contribution in [2.75, 3.05) is 31.9 Å². The van der Waals surface area contributed by atoms with Crippen LogP contribution in [0, 0.1) is 11.3 Å². The van der Waals surface area contributed by atoms with Crippen LogP contribution in [0.5, 0.6) is 0 Å². The molecule has 8 nitrogen and oxygen atoms in total. The van der Waals surface area contributed by atoms with Gasteiger partial charge < -0.3 is 16.8 Å². The number of nitrogen functional groups attached to an aromatic ring is 1. The average molecular weight is 522 g/mol. The Labute approximate surface area is 195 Å². The van der Waals surface area contributed by atoms with Crippen LogP contribution in [0.3, 0.4) is 0 Å². The molecule has 0 spiro atoms. The Morgan fingerprint density at radius 1 is 1.37 bits per heavy atom. The number of hydrogen-bond donors (Lipinski definition) is 3. The number of nitrogens with one attached hydrogen (secondary N) is 1. The van der Waals surface area contributed by atoms with Crippen molar-refractivity contribution in [2.24, 2.45) is 10.7 Å². The number of nitriles is 1. The normalized spacial score (nSPS) is 16.8. The summed E-state index contributed by atoms with van der Waals surface area (Å²) >= 11 is 0. The van der Waals surface area contributed by atoms with Gasteiger partial charge >= 0.3 is 0 Å². The van der Waals surface area contributed by atoms with Crippen molar-refractivity contribution in [3.05, 3.63) is 41.6 Å². The van der Waals surface area contributed by atoms with Gasteiger partial charge in [0.25, 0.3) is 0 Å². The summed E-state index contributed by atoms with van der Waals surface area (Å²) in [6.07, 6.45) is 3.84. The molecule has 0 saturated carbocycles. The summed E-state index contributed by atoms with van der Waals surface area (Å²) in [6.45, 7) is 5.81. The second-order valence-corrected chi connectivity index (χ2v) is 7.25. The smallest absolute Gasteiger partial charge is 0.188 e. The minimum Gasteiger partial charge on any atom is -0.382 e. The Hall–Kier alpha value is -2.32. The molecule has 0 amide bonds. The summed E-state index contributed by atoms with van der Waals surface area (Å²) in [5, 5.41) is 17.2. The van der Waals surface area contributed by atoms with Gasteiger partial charge in [0.2, 0.25) is 0 Å². The first-order valence-corrected chi connectivity index (χ1v) is 10.2. The lowest BCUT2D eigenvalue weighted by atomic mass is 10.1. The van der Waals surface area contributed by atoms with Gasteiger partial charge in [0.1, 0.15) is 17.5 Å². The topological polar surface area (TPSA) is 121 Å². The number of anilines is 1. The van der Waals surface area contributed by atoms with Crippen LogP contribution < -0.4 is 16.8 Å². The highest BCUT2D eigenvalue weighted by molar-refractivity contribution is 14.0. The van der Waals surface area contributed by atoms with Crippen molar-refractivity contribution in [3.8, 4) is 11.8 Å². The fraction of sp³-hybridized carbons (Fsp3) is 0.476. The molecule has 1 aliphatic rings. The molecule has 1 aromatic carbocycles. The van der Waals surface area contributed by atoms with E-state index in [0.717, 1.165) is 31.7 Å². The van der Waals surface area contributed by atoms with Crippen molar-refractivity contribution < 1.29 is 0 Å². The van der Waals surface area contributed by atoms with E-state index in [1.807, 2.05) is 30.3 Å². The molecular formula is C21H31IN8. The molecule has 3 rings (SSSR count). The van der Waals surface area contributed by atoms with Crippen LogP contribution in [0.4, 0.5) is 5.82 Å². The van der Waals surface area contributed by atoms with Crippen molar-refractivity contribution in [1.29, 1.82) is 5.26 Å². The van der Waals surface area contributed by atoms with Crippen LogP contribution in [0.2, 0.25) is 0 Å². The Kier molecular flexibility index (Phi) is 9.39. The molecule has 162 valence electrons. The van der Waals surface area contributed by atoms with E-state index in [1.165, 1.54) is 12.8 Å². The molecule has 1 unspecified atom stereocenters. The summed E-state index contributed by atoms with van der Waals surface area (Å²) in [5.41, 5.74) is 14.1. The third-order valence-electron chi connectivity index (χ3n) is 5.38.